The maximum atomic E-state index is 13.3. The lowest BCUT2D eigenvalue weighted by Gasteiger charge is -2.15. The minimum atomic E-state index is 0.0307. The van der Waals surface area contributed by atoms with Gasteiger partial charge >= 0.3 is 0 Å². The topological polar surface area (TPSA) is 64.7 Å². The molecule has 0 saturated carbocycles. The molecule has 1 atom stereocenters. The molecule has 0 saturated heterocycles. The van der Waals surface area contributed by atoms with Crippen molar-refractivity contribution in [3.8, 4) is 11.4 Å². The van der Waals surface area contributed by atoms with Gasteiger partial charge in [0.15, 0.2) is 0 Å². The van der Waals surface area contributed by atoms with Crippen LogP contribution in [0.4, 0.5) is 5.95 Å². The summed E-state index contributed by atoms with van der Waals surface area (Å²) in [4.78, 5) is 22.5. The molecule has 7 heteroatoms. The molecular formula is C25H24ClN5O. The standard InChI is InChI=1S/C25H24ClN5O/c1-17(18-8-3-2-4-9-18)28-25-27-13-12-22(29-25)23-20(16-19-10-5-6-11-21(19)26)24(32)31-15-7-14-30(23)31/h2-6,8-13,17H,7,14-16H2,1H3,(H,27,28,29)/t17-/m0/s1. The fraction of sp³-hybridized carbons (Fsp3) is 0.240. The zero-order valence-electron chi connectivity index (χ0n) is 17.8. The van der Waals surface area contributed by atoms with Crippen LogP contribution in [0.3, 0.4) is 0 Å². The first-order valence-corrected chi connectivity index (χ1v) is 11.2. The quantitative estimate of drug-likeness (QED) is 0.457. The number of halogens is 1. The minimum absolute atomic E-state index is 0.0307. The van der Waals surface area contributed by atoms with Gasteiger partial charge in [-0.15, -0.1) is 0 Å². The summed E-state index contributed by atoms with van der Waals surface area (Å²) in [7, 11) is 0. The van der Waals surface area contributed by atoms with E-state index >= 15 is 0 Å². The Labute approximate surface area is 191 Å². The maximum Gasteiger partial charge on any atom is 0.270 e. The van der Waals surface area contributed by atoms with Crippen LogP contribution < -0.4 is 10.9 Å². The summed E-state index contributed by atoms with van der Waals surface area (Å²) in [6.07, 6.45) is 3.15. The number of nitrogens with one attached hydrogen (secondary N) is 1. The van der Waals surface area contributed by atoms with Gasteiger partial charge in [0.1, 0.15) is 0 Å². The number of anilines is 1. The van der Waals surface area contributed by atoms with Crippen LogP contribution in [-0.2, 0) is 19.5 Å². The van der Waals surface area contributed by atoms with Gasteiger partial charge in [0.25, 0.3) is 5.56 Å². The van der Waals surface area contributed by atoms with E-state index in [0.717, 1.165) is 47.6 Å². The van der Waals surface area contributed by atoms with E-state index in [9.17, 15) is 4.79 Å². The van der Waals surface area contributed by atoms with E-state index in [0.29, 0.717) is 17.4 Å². The molecule has 0 radical (unpaired) electrons. The summed E-state index contributed by atoms with van der Waals surface area (Å²) in [5, 5.41) is 4.05. The van der Waals surface area contributed by atoms with Crippen LogP contribution in [0.25, 0.3) is 11.4 Å². The van der Waals surface area contributed by atoms with E-state index in [1.165, 1.54) is 0 Å². The molecule has 0 spiro atoms. The second-order valence-corrected chi connectivity index (χ2v) is 8.45. The lowest BCUT2D eigenvalue weighted by molar-refractivity contribution is 0.598. The van der Waals surface area contributed by atoms with Crippen molar-refractivity contribution in [2.24, 2.45) is 0 Å². The SMILES string of the molecule is C[C@H](Nc1nccc(-c2c(Cc3ccccc3Cl)c(=O)n3n2CCC3)n1)c1ccccc1. The van der Waals surface area contributed by atoms with E-state index in [4.69, 9.17) is 16.6 Å². The molecule has 5 rings (SSSR count). The number of rotatable bonds is 6. The van der Waals surface area contributed by atoms with Gasteiger partial charge in [-0.25, -0.2) is 14.6 Å². The van der Waals surface area contributed by atoms with Gasteiger partial charge in [0.05, 0.1) is 23.0 Å². The smallest absolute Gasteiger partial charge is 0.270 e. The Morgan fingerprint density at radius 3 is 2.59 bits per heavy atom. The molecule has 2 aromatic heterocycles. The normalized spacial score (nSPS) is 13.7. The molecule has 1 aliphatic rings. The molecule has 0 bridgehead atoms. The summed E-state index contributed by atoms with van der Waals surface area (Å²) < 4.78 is 3.88. The van der Waals surface area contributed by atoms with E-state index in [-0.39, 0.29) is 11.6 Å². The highest BCUT2D eigenvalue weighted by molar-refractivity contribution is 6.31. The Bertz CT molecular complexity index is 1310. The van der Waals surface area contributed by atoms with Crippen LogP contribution in [0, 0.1) is 0 Å². The van der Waals surface area contributed by atoms with Crippen molar-refractivity contribution in [3.05, 3.63) is 98.9 Å². The van der Waals surface area contributed by atoms with Gasteiger partial charge < -0.3 is 5.32 Å². The van der Waals surface area contributed by atoms with Crippen LogP contribution in [0.2, 0.25) is 5.02 Å². The van der Waals surface area contributed by atoms with Crippen LogP contribution in [-0.4, -0.2) is 19.3 Å². The van der Waals surface area contributed by atoms with Gasteiger partial charge in [-0.2, -0.15) is 0 Å². The second kappa shape index (κ2) is 8.63. The Kier molecular flexibility index (Phi) is 5.53. The van der Waals surface area contributed by atoms with Crippen molar-refractivity contribution < 1.29 is 0 Å². The molecule has 1 aliphatic heterocycles. The molecule has 0 fully saturated rings. The molecule has 0 aliphatic carbocycles. The first kappa shape index (κ1) is 20.5. The Balaban J connectivity index is 1.54. The second-order valence-electron chi connectivity index (χ2n) is 8.04. The van der Waals surface area contributed by atoms with Crippen molar-refractivity contribution in [1.82, 2.24) is 19.3 Å². The van der Waals surface area contributed by atoms with Gasteiger partial charge in [0.2, 0.25) is 5.95 Å². The van der Waals surface area contributed by atoms with Crippen molar-refractivity contribution in [1.29, 1.82) is 0 Å². The highest BCUT2D eigenvalue weighted by Crippen LogP contribution is 2.28. The Hall–Kier alpha value is -3.38. The first-order chi connectivity index (χ1) is 15.6. The van der Waals surface area contributed by atoms with Crippen LogP contribution >= 0.6 is 11.6 Å². The third-order valence-corrected chi connectivity index (χ3v) is 6.30. The Morgan fingerprint density at radius 2 is 1.78 bits per heavy atom. The fourth-order valence-electron chi connectivity index (χ4n) is 4.33. The molecule has 6 nitrogen and oxygen atoms in total. The van der Waals surface area contributed by atoms with Gasteiger partial charge in [0, 0.05) is 30.7 Å². The average molecular weight is 446 g/mol. The summed E-state index contributed by atoms with van der Waals surface area (Å²) in [6.45, 7) is 3.59. The molecule has 162 valence electrons. The van der Waals surface area contributed by atoms with E-state index < -0.39 is 0 Å². The van der Waals surface area contributed by atoms with Gasteiger partial charge in [-0.05, 0) is 36.6 Å². The summed E-state index contributed by atoms with van der Waals surface area (Å²) in [5.41, 5.74) is 4.43. The van der Waals surface area contributed by atoms with Crippen LogP contribution in [0.1, 0.15) is 36.1 Å². The van der Waals surface area contributed by atoms with Gasteiger partial charge in [-0.1, -0.05) is 60.1 Å². The lowest BCUT2D eigenvalue weighted by atomic mass is 10.0. The van der Waals surface area contributed by atoms with Crippen molar-refractivity contribution >= 4 is 17.5 Å². The molecule has 32 heavy (non-hydrogen) atoms. The molecule has 0 unspecified atom stereocenters. The Morgan fingerprint density at radius 1 is 1.03 bits per heavy atom. The van der Waals surface area contributed by atoms with Crippen molar-refractivity contribution in [2.45, 2.75) is 38.9 Å². The summed E-state index contributed by atoms with van der Waals surface area (Å²) in [6, 6.07) is 19.8. The molecule has 2 aromatic carbocycles. The zero-order chi connectivity index (χ0) is 22.1. The number of fused-ring (bicyclic) bond motifs is 1. The van der Waals surface area contributed by atoms with Crippen molar-refractivity contribution in [2.75, 3.05) is 5.32 Å². The minimum Gasteiger partial charge on any atom is -0.348 e. The molecular weight excluding hydrogens is 422 g/mol. The average Bonchev–Trinajstić information content (AvgIpc) is 3.38. The van der Waals surface area contributed by atoms with E-state index in [2.05, 4.69) is 34.0 Å². The molecule has 0 amide bonds. The number of nitrogens with zero attached hydrogens (tertiary/aromatic N) is 4. The lowest BCUT2D eigenvalue weighted by Crippen LogP contribution is -2.18. The fourth-order valence-corrected chi connectivity index (χ4v) is 4.53. The van der Waals surface area contributed by atoms with Crippen LogP contribution in [0.15, 0.2) is 71.7 Å². The van der Waals surface area contributed by atoms with Crippen molar-refractivity contribution in [3.63, 3.8) is 0 Å². The third kappa shape index (κ3) is 3.82. The molecule has 4 aromatic rings. The number of benzene rings is 2. The van der Waals surface area contributed by atoms with Gasteiger partial charge in [-0.3, -0.25) is 9.48 Å². The van der Waals surface area contributed by atoms with E-state index in [1.54, 1.807) is 6.20 Å². The van der Waals surface area contributed by atoms with Crippen LogP contribution in [0.5, 0.6) is 0 Å². The molecule has 1 N–H and O–H groups in total. The number of hydrogen-bond donors (Lipinski definition) is 1. The number of hydrogen-bond acceptors (Lipinski definition) is 4. The maximum absolute atomic E-state index is 13.3. The third-order valence-electron chi connectivity index (χ3n) is 5.94. The zero-order valence-corrected chi connectivity index (χ0v) is 18.6. The molecule has 3 heterocycles. The van der Waals surface area contributed by atoms with E-state index in [1.807, 2.05) is 53.2 Å². The predicted molar refractivity (Wildman–Crippen MR) is 127 cm³/mol. The highest BCUT2D eigenvalue weighted by atomic mass is 35.5. The summed E-state index contributed by atoms with van der Waals surface area (Å²) in [5.74, 6) is 0.536. The number of aromatic nitrogens is 4. The summed E-state index contributed by atoms with van der Waals surface area (Å²) >= 11 is 6.41. The highest BCUT2D eigenvalue weighted by Gasteiger charge is 2.26. The largest absolute Gasteiger partial charge is 0.348 e. The monoisotopic (exact) mass is 445 g/mol. The first-order valence-electron chi connectivity index (χ1n) is 10.8. The predicted octanol–water partition coefficient (Wildman–Crippen LogP) is 4.93.